The van der Waals surface area contributed by atoms with Crippen molar-refractivity contribution in [2.75, 3.05) is 5.32 Å². The maximum absolute atomic E-state index is 11.5. The second kappa shape index (κ2) is 7.05. The molecular formula is C15H23N3O2. The summed E-state index contributed by atoms with van der Waals surface area (Å²) in [5.74, 6) is -0.167. The molecule has 0 aliphatic rings. The summed E-state index contributed by atoms with van der Waals surface area (Å²) in [5.41, 5.74) is 7.21. The number of nitrogens with one attached hydrogen (secondary N) is 1. The van der Waals surface area contributed by atoms with Gasteiger partial charge in [-0.3, -0.25) is 9.59 Å². The third kappa shape index (κ3) is 4.66. The van der Waals surface area contributed by atoms with Crippen LogP contribution in [0, 0.1) is 0 Å². The van der Waals surface area contributed by atoms with Crippen molar-refractivity contribution in [1.82, 2.24) is 4.90 Å². The lowest BCUT2D eigenvalue weighted by Crippen LogP contribution is -2.34. The summed E-state index contributed by atoms with van der Waals surface area (Å²) in [6.07, 6.45) is 0. The maximum Gasteiger partial charge on any atom is 0.240 e. The van der Waals surface area contributed by atoms with Crippen molar-refractivity contribution in [2.24, 2.45) is 5.73 Å². The van der Waals surface area contributed by atoms with E-state index < -0.39 is 6.04 Å². The van der Waals surface area contributed by atoms with Crippen LogP contribution in [0.1, 0.15) is 33.3 Å². The molecule has 0 spiro atoms. The standard InChI is InChI=1S/C15H23N3O2/c1-10(2)18(12(4)19)9-13-5-7-14(8-6-13)17-15(20)11(3)16/h5-8,10-11H,9,16H2,1-4H3,(H,17,20)/t11-/m0/s1. The first-order chi connectivity index (χ1) is 9.31. The van der Waals surface area contributed by atoms with Crippen molar-refractivity contribution in [3.8, 4) is 0 Å². The van der Waals surface area contributed by atoms with Crippen LogP contribution in [0.25, 0.3) is 0 Å². The largest absolute Gasteiger partial charge is 0.336 e. The summed E-state index contributed by atoms with van der Waals surface area (Å²) in [4.78, 5) is 24.8. The molecule has 1 atom stereocenters. The van der Waals surface area contributed by atoms with Crippen LogP contribution in [0.5, 0.6) is 0 Å². The quantitative estimate of drug-likeness (QED) is 0.860. The zero-order valence-corrected chi connectivity index (χ0v) is 12.5. The fourth-order valence-electron chi connectivity index (χ4n) is 1.80. The summed E-state index contributed by atoms with van der Waals surface area (Å²) < 4.78 is 0. The van der Waals surface area contributed by atoms with Gasteiger partial charge in [-0.15, -0.1) is 0 Å². The molecule has 5 heteroatoms. The number of anilines is 1. The zero-order chi connectivity index (χ0) is 15.3. The highest BCUT2D eigenvalue weighted by molar-refractivity contribution is 5.94. The lowest BCUT2D eigenvalue weighted by Gasteiger charge is -2.25. The minimum absolute atomic E-state index is 0.0503. The predicted molar refractivity (Wildman–Crippen MR) is 80.1 cm³/mol. The molecule has 3 N–H and O–H groups in total. The highest BCUT2D eigenvalue weighted by atomic mass is 16.2. The second-order valence-corrected chi connectivity index (χ2v) is 5.22. The Balaban J connectivity index is 2.71. The van der Waals surface area contributed by atoms with Gasteiger partial charge < -0.3 is 16.0 Å². The lowest BCUT2D eigenvalue weighted by atomic mass is 10.1. The van der Waals surface area contributed by atoms with Crippen LogP contribution in [0.2, 0.25) is 0 Å². The fraction of sp³-hybridized carbons (Fsp3) is 0.467. The van der Waals surface area contributed by atoms with Crippen molar-refractivity contribution >= 4 is 17.5 Å². The molecule has 2 amide bonds. The van der Waals surface area contributed by atoms with Gasteiger partial charge in [0, 0.05) is 25.2 Å². The smallest absolute Gasteiger partial charge is 0.240 e. The van der Waals surface area contributed by atoms with E-state index >= 15 is 0 Å². The van der Waals surface area contributed by atoms with Crippen LogP contribution < -0.4 is 11.1 Å². The fourth-order valence-corrected chi connectivity index (χ4v) is 1.80. The van der Waals surface area contributed by atoms with Gasteiger partial charge in [0.15, 0.2) is 0 Å². The van der Waals surface area contributed by atoms with E-state index in [4.69, 9.17) is 5.73 Å². The molecule has 0 saturated heterocycles. The molecule has 0 aliphatic carbocycles. The maximum atomic E-state index is 11.5. The summed E-state index contributed by atoms with van der Waals surface area (Å²) in [6, 6.07) is 7.04. The normalized spacial score (nSPS) is 12.1. The molecule has 20 heavy (non-hydrogen) atoms. The van der Waals surface area contributed by atoms with Gasteiger partial charge in [0.2, 0.25) is 11.8 Å². The summed E-state index contributed by atoms with van der Waals surface area (Å²) in [6.45, 7) is 7.74. The lowest BCUT2D eigenvalue weighted by molar-refractivity contribution is -0.131. The molecule has 0 aromatic heterocycles. The minimum Gasteiger partial charge on any atom is -0.336 e. The second-order valence-electron chi connectivity index (χ2n) is 5.22. The van der Waals surface area contributed by atoms with Crippen molar-refractivity contribution < 1.29 is 9.59 Å². The van der Waals surface area contributed by atoms with E-state index in [1.54, 1.807) is 18.7 Å². The van der Waals surface area contributed by atoms with Crippen molar-refractivity contribution in [2.45, 2.75) is 46.3 Å². The van der Waals surface area contributed by atoms with Gasteiger partial charge in [-0.05, 0) is 38.5 Å². The highest BCUT2D eigenvalue weighted by Crippen LogP contribution is 2.13. The van der Waals surface area contributed by atoms with Crippen LogP contribution in [0.15, 0.2) is 24.3 Å². The number of nitrogens with zero attached hydrogens (tertiary/aromatic N) is 1. The van der Waals surface area contributed by atoms with Crippen LogP contribution in [-0.2, 0) is 16.1 Å². The van der Waals surface area contributed by atoms with Gasteiger partial charge in [-0.2, -0.15) is 0 Å². The first-order valence-electron chi connectivity index (χ1n) is 6.74. The number of carbonyl (C=O) groups excluding carboxylic acids is 2. The molecule has 0 saturated carbocycles. The van der Waals surface area contributed by atoms with Crippen LogP contribution in [0.3, 0.4) is 0 Å². The number of hydrogen-bond donors (Lipinski definition) is 2. The van der Waals surface area contributed by atoms with E-state index in [9.17, 15) is 9.59 Å². The third-order valence-electron chi connectivity index (χ3n) is 3.02. The Labute approximate surface area is 120 Å². The Morgan fingerprint density at radius 1 is 1.20 bits per heavy atom. The Hall–Kier alpha value is -1.88. The predicted octanol–water partition coefficient (Wildman–Crippen LogP) is 1.73. The molecule has 0 heterocycles. The SMILES string of the molecule is CC(=O)N(Cc1ccc(NC(=O)[C@H](C)N)cc1)C(C)C. The van der Waals surface area contributed by atoms with Gasteiger partial charge >= 0.3 is 0 Å². The number of amides is 2. The van der Waals surface area contributed by atoms with Crippen LogP contribution in [0.4, 0.5) is 5.69 Å². The molecular weight excluding hydrogens is 254 g/mol. The Bertz CT molecular complexity index is 467. The average Bonchev–Trinajstić information content (AvgIpc) is 2.36. The molecule has 1 aromatic carbocycles. The molecule has 110 valence electrons. The van der Waals surface area contributed by atoms with E-state index in [1.807, 2.05) is 38.1 Å². The monoisotopic (exact) mass is 277 g/mol. The number of nitrogens with two attached hydrogens (primary N) is 1. The molecule has 0 fully saturated rings. The number of rotatable bonds is 5. The number of hydrogen-bond acceptors (Lipinski definition) is 3. The van der Waals surface area contributed by atoms with Gasteiger partial charge in [-0.25, -0.2) is 0 Å². The summed E-state index contributed by atoms with van der Waals surface area (Å²) in [7, 11) is 0. The Morgan fingerprint density at radius 2 is 1.75 bits per heavy atom. The van der Waals surface area contributed by atoms with Crippen molar-refractivity contribution in [1.29, 1.82) is 0 Å². The molecule has 1 rings (SSSR count). The topological polar surface area (TPSA) is 75.4 Å². The molecule has 0 aliphatic heterocycles. The minimum atomic E-state index is -0.538. The van der Waals surface area contributed by atoms with Gasteiger partial charge in [0.1, 0.15) is 0 Å². The van der Waals surface area contributed by atoms with Crippen molar-refractivity contribution in [3.63, 3.8) is 0 Å². The van der Waals surface area contributed by atoms with Gasteiger partial charge in [0.25, 0.3) is 0 Å². The van der Waals surface area contributed by atoms with Crippen LogP contribution in [-0.4, -0.2) is 28.8 Å². The van der Waals surface area contributed by atoms with E-state index in [0.717, 1.165) is 5.56 Å². The summed E-state index contributed by atoms with van der Waals surface area (Å²) in [5, 5.41) is 2.72. The van der Waals surface area contributed by atoms with Gasteiger partial charge in [-0.1, -0.05) is 12.1 Å². The Kier molecular flexibility index (Phi) is 5.70. The summed E-state index contributed by atoms with van der Waals surface area (Å²) >= 11 is 0. The van der Waals surface area contributed by atoms with E-state index in [2.05, 4.69) is 5.32 Å². The first kappa shape index (κ1) is 16.2. The highest BCUT2D eigenvalue weighted by Gasteiger charge is 2.13. The molecule has 1 aromatic rings. The van der Waals surface area contributed by atoms with E-state index in [0.29, 0.717) is 12.2 Å². The van der Waals surface area contributed by atoms with E-state index in [-0.39, 0.29) is 17.9 Å². The molecule has 0 unspecified atom stereocenters. The van der Waals surface area contributed by atoms with Gasteiger partial charge in [0.05, 0.1) is 6.04 Å². The number of carbonyl (C=O) groups is 2. The van der Waals surface area contributed by atoms with E-state index in [1.165, 1.54) is 0 Å². The zero-order valence-electron chi connectivity index (χ0n) is 12.5. The molecule has 0 radical (unpaired) electrons. The third-order valence-corrected chi connectivity index (χ3v) is 3.02. The molecule has 5 nitrogen and oxygen atoms in total. The first-order valence-corrected chi connectivity index (χ1v) is 6.74. The molecule has 0 bridgehead atoms. The van der Waals surface area contributed by atoms with Crippen molar-refractivity contribution in [3.05, 3.63) is 29.8 Å². The van der Waals surface area contributed by atoms with Crippen LogP contribution >= 0.6 is 0 Å². The Morgan fingerprint density at radius 3 is 2.15 bits per heavy atom. The number of benzene rings is 1. The average molecular weight is 277 g/mol.